The molecule has 0 aromatic carbocycles. The summed E-state index contributed by atoms with van der Waals surface area (Å²) in [4.78, 5) is 4.70. The molecule has 1 aromatic rings. The van der Waals surface area contributed by atoms with Gasteiger partial charge >= 0.3 is 0 Å². The van der Waals surface area contributed by atoms with Crippen LogP contribution in [0.1, 0.15) is 39.1 Å². The average Bonchev–Trinajstić information content (AvgIpc) is 2.84. The predicted octanol–water partition coefficient (Wildman–Crippen LogP) is 4.02. The molecule has 0 unspecified atom stereocenters. The summed E-state index contributed by atoms with van der Waals surface area (Å²) >= 11 is 4.02. The molecule has 0 saturated heterocycles. The van der Waals surface area contributed by atoms with Gasteiger partial charge in [-0.2, -0.15) is 11.8 Å². The minimum atomic E-state index is 0.209. The quantitative estimate of drug-likeness (QED) is 0.779. The highest BCUT2D eigenvalue weighted by molar-refractivity contribution is 8.08. The SMILES string of the molecule is CC1(C)C=C(n2cnc3c2C(C)(C)CSCC3)SC1. The van der Waals surface area contributed by atoms with Crippen molar-refractivity contribution >= 4 is 28.6 Å². The Morgan fingerprint density at radius 2 is 2.00 bits per heavy atom. The normalized spacial score (nSPS) is 24.7. The Morgan fingerprint density at radius 1 is 1.21 bits per heavy atom. The maximum atomic E-state index is 4.70. The molecular weight excluding hydrogens is 272 g/mol. The molecule has 0 aliphatic carbocycles. The molecule has 0 fully saturated rings. The van der Waals surface area contributed by atoms with Crippen molar-refractivity contribution in [2.24, 2.45) is 5.41 Å². The second-order valence-corrected chi connectivity index (χ2v) is 8.96. The highest BCUT2D eigenvalue weighted by Crippen LogP contribution is 2.43. The van der Waals surface area contributed by atoms with Crippen LogP contribution in [-0.4, -0.2) is 26.8 Å². The van der Waals surface area contributed by atoms with Gasteiger partial charge in [0.1, 0.15) is 6.33 Å². The Bertz CT molecular complexity index is 526. The lowest BCUT2D eigenvalue weighted by Crippen LogP contribution is -2.24. The van der Waals surface area contributed by atoms with Gasteiger partial charge in [-0.05, 0) is 17.2 Å². The molecule has 0 bridgehead atoms. The largest absolute Gasteiger partial charge is 0.297 e. The van der Waals surface area contributed by atoms with Gasteiger partial charge < -0.3 is 0 Å². The van der Waals surface area contributed by atoms with Crippen LogP contribution in [0.5, 0.6) is 0 Å². The van der Waals surface area contributed by atoms with Crippen LogP contribution < -0.4 is 0 Å². The number of aryl methyl sites for hydroxylation is 1. The topological polar surface area (TPSA) is 17.8 Å². The second-order valence-electron chi connectivity index (χ2n) is 6.86. The van der Waals surface area contributed by atoms with Crippen molar-refractivity contribution in [1.29, 1.82) is 0 Å². The maximum absolute atomic E-state index is 4.70. The van der Waals surface area contributed by atoms with Gasteiger partial charge in [0, 0.05) is 23.3 Å². The van der Waals surface area contributed by atoms with Gasteiger partial charge in [0.05, 0.1) is 16.4 Å². The van der Waals surface area contributed by atoms with E-state index in [-0.39, 0.29) is 5.41 Å². The van der Waals surface area contributed by atoms with Gasteiger partial charge in [-0.15, -0.1) is 11.8 Å². The van der Waals surface area contributed by atoms with Crippen molar-refractivity contribution in [1.82, 2.24) is 9.55 Å². The Morgan fingerprint density at radius 3 is 2.68 bits per heavy atom. The van der Waals surface area contributed by atoms with E-state index < -0.39 is 0 Å². The number of aromatic nitrogens is 2. The molecule has 3 rings (SSSR count). The number of hydrogen-bond donors (Lipinski definition) is 0. The molecule has 0 saturated carbocycles. The minimum absolute atomic E-state index is 0.209. The summed E-state index contributed by atoms with van der Waals surface area (Å²) in [7, 11) is 0. The zero-order chi connectivity index (χ0) is 13.7. The molecular formula is C15H22N2S2. The first-order chi connectivity index (χ1) is 8.89. The lowest BCUT2D eigenvalue weighted by atomic mass is 9.89. The molecule has 0 spiro atoms. The molecule has 2 aliphatic rings. The third-order valence-electron chi connectivity index (χ3n) is 3.77. The molecule has 1 aromatic heterocycles. The lowest BCUT2D eigenvalue weighted by molar-refractivity contribution is 0.557. The molecule has 0 amide bonds. The maximum Gasteiger partial charge on any atom is 0.100 e. The van der Waals surface area contributed by atoms with Gasteiger partial charge in [0.25, 0.3) is 0 Å². The summed E-state index contributed by atoms with van der Waals surface area (Å²) in [6.07, 6.45) is 5.56. The van der Waals surface area contributed by atoms with Crippen molar-refractivity contribution in [3.8, 4) is 0 Å². The summed E-state index contributed by atoms with van der Waals surface area (Å²) < 4.78 is 2.36. The molecule has 3 heterocycles. The fraction of sp³-hybridized carbons (Fsp3) is 0.667. The van der Waals surface area contributed by atoms with Crippen LogP contribution in [0.2, 0.25) is 0 Å². The molecule has 19 heavy (non-hydrogen) atoms. The Hall–Kier alpha value is -0.350. The summed E-state index contributed by atoms with van der Waals surface area (Å²) in [6, 6.07) is 0. The van der Waals surface area contributed by atoms with E-state index in [0.29, 0.717) is 5.41 Å². The van der Waals surface area contributed by atoms with Gasteiger partial charge in [-0.25, -0.2) is 4.98 Å². The number of fused-ring (bicyclic) bond motifs is 1. The van der Waals surface area contributed by atoms with Crippen LogP contribution in [0.4, 0.5) is 0 Å². The minimum Gasteiger partial charge on any atom is -0.297 e. The zero-order valence-corrected chi connectivity index (χ0v) is 13.8. The van der Waals surface area contributed by atoms with Gasteiger partial charge in [0.15, 0.2) is 0 Å². The Kier molecular flexibility index (Phi) is 3.29. The van der Waals surface area contributed by atoms with Crippen molar-refractivity contribution in [3.63, 3.8) is 0 Å². The third kappa shape index (κ3) is 2.49. The van der Waals surface area contributed by atoms with Crippen LogP contribution in [0.25, 0.3) is 5.03 Å². The standard InChI is InChI=1S/C15H22N2S2/c1-14(2)7-12(19-8-14)17-10-16-11-5-6-18-9-15(3,4)13(11)17/h7,10H,5-6,8-9H2,1-4H3. The average molecular weight is 294 g/mol. The van der Waals surface area contributed by atoms with E-state index in [2.05, 4.69) is 50.1 Å². The first-order valence-corrected chi connectivity index (χ1v) is 9.04. The van der Waals surface area contributed by atoms with Gasteiger partial charge in [0.2, 0.25) is 0 Å². The fourth-order valence-electron chi connectivity index (χ4n) is 2.83. The number of imidazole rings is 1. The highest BCUT2D eigenvalue weighted by atomic mass is 32.2. The van der Waals surface area contributed by atoms with Gasteiger partial charge in [-0.3, -0.25) is 4.57 Å². The smallest absolute Gasteiger partial charge is 0.100 e. The molecule has 0 atom stereocenters. The number of nitrogens with zero attached hydrogens (tertiary/aromatic N) is 2. The summed E-state index contributed by atoms with van der Waals surface area (Å²) in [6.45, 7) is 9.33. The third-order valence-corrected chi connectivity index (χ3v) is 6.69. The fourth-order valence-corrected chi connectivity index (χ4v) is 5.25. The number of allylic oxidation sites excluding steroid dienone is 1. The molecule has 104 valence electrons. The molecule has 0 radical (unpaired) electrons. The van der Waals surface area contributed by atoms with E-state index in [1.807, 2.05) is 18.1 Å². The Balaban J connectivity index is 2.08. The predicted molar refractivity (Wildman–Crippen MR) is 86.8 cm³/mol. The van der Waals surface area contributed by atoms with E-state index in [9.17, 15) is 0 Å². The first kappa shape index (κ1) is 13.6. The van der Waals surface area contributed by atoms with Crippen LogP contribution in [-0.2, 0) is 11.8 Å². The van der Waals surface area contributed by atoms with E-state index in [0.717, 1.165) is 6.42 Å². The second kappa shape index (κ2) is 4.59. The zero-order valence-electron chi connectivity index (χ0n) is 12.2. The molecule has 2 nitrogen and oxygen atoms in total. The number of hydrogen-bond acceptors (Lipinski definition) is 3. The highest BCUT2D eigenvalue weighted by Gasteiger charge is 2.33. The van der Waals surface area contributed by atoms with E-state index >= 15 is 0 Å². The van der Waals surface area contributed by atoms with E-state index in [1.165, 1.54) is 33.7 Å². The van der Waals surface area contributed by atoms with Crippen molar-refractivity contribution in [2.75, 3.05) is 17.3 Å². The van der Waals surface area contributed by atoms with E-state index in [4.69, 9.17) is 4.98 Å². The number of thioether (sulfide) groups is 2. The van der Waals surface area contributed by atoms with Gasteiger partial charge in [-0.1, -0.05) is 27.7 Å². The van der Waals surface area contributed by atoms with Crippen molar-refractivity contribution in [3.05, 3.63) is 23.8 Å². The van der Waals surface area contributed by atoms with Crippen LogP contribution in [0.15, 0.2) is 12.4 Å². The molecule has 2 aliphatic heterocycles. The summed E-state index contributed by atoms with van der Waals surface area (Å²) in [5.74, 6) is 3.56. The monoisotopic (exact) mass is 294 g/mol. The summed E-state index contributed by atoms with van der Waals surface area (Å²) in [5, 5.41) is 1.37. The molecule has 0 N–H and O–H groups in total. The van der Waals surface area contributed by atoms with Crippen LogP contribution in [0, 0.1) is 5.41 Å². The summed E-state index contributed by atoms with van der Waals surface area (Å²) in [5.41, 5.74) is 3.26. The van der Waals surface area contributed by atoms with Crippen molar-refractivity contribution in [2.45, 2.75) is 39.5 Å². The Labute approximate surface area is 124 Å². The first-order valence-electron chi connectivity index (χ1n) is 6.90. The number of rotatable bonds is 1. The van der Waals surface area contributed by atoms with E-state index in [1.54, 1.807) is 0 Å². The lowest BCUT2D eigenvalue weighted by Gasteiger charge is -2.25. The van der Waals surface area contributed by atoms with Crippen LogP contribution >= 0.6 is 23.5 Å². The molecule has 4 heteroatoms. The van der Waals surface area contributed by atoms with Crippen molar-refractivity contribution < 1.29 is 0 Å². The van der Waals surface area contributed by atoms with Crippen LogP contribution in [0.3, 0.4) is 0 Å².